The van der Waals surface area contributed by atoms with E-state index in [-0.39, 0.29) is 17.1 Å². The number of para-hydroxylation sites is 1. The number of halogens is 3. The standard InChI is InChI=1S/C20H12F3N3O3/c21-20(22,23)16-10-9-14-19(25-16)29-15-4-2-1-3-13(15)17(24-14)11-5-7-12(8-6-11)18(27)26-28/h1-10,28H,(H,26,27). The van der Waals surface area contributed by atoms with Gasteiger partial charge in [0.1, 0.15) is 17.1 Å². The van der Waals surface area contributed by atoms with Crippen molar-refractivity contribution in [1.29, 1.82) is 0 Å². The third-order valence-corrected chi connectivity index (χ3v) is 4.23. The van der Waals surface area contributed by atoms with Crippen LogP contribution in [0.4, 0.5) is 18.9 Å². The minimum Gasteiger partial charge on any atom is -0.436 e. The molecule has 1 aliphatic rings. The summed E-state index contributed by atoms with van der Waals surface area (Å²) in [6.45, 7) is 0. The highest BCUT2D eigenvalue weighted by Crippen LogP contribution is 2.39. The number of rotatable bonds is 2. The van der Waals surface area contributed by atoms with Crippen LogP contribution < -0.4 is 10.2 Å². The number of carbonyl (C=O) groups excluding carboxylic acids is 1. The molecule has 0 unspecified atom stereocenters. The molecule has 0 atom stereocenters. The number of alkyl halides is 3. The monoisotopic (exact) mass is 399 g/mol. The van der Waals surface area contributed by atoms with Gasteiger partial charge >= 0.3 is 6.18 Å². The van der Waals surface area contributed by atoms with Gasteiger partial charge in [-0.05, 0) is 36.4 Å². The van der Waals surface area contributed by atoms with Gasteiger partial charge in [-0.3, -0.25) is 10.0 Å². The molecule has 0 bridgehead atoms. The maximum atomic E-state index is 13.0. The van der Waals surface area contributed by atoms with Crippen molar-refractivity contribution >= 4 is 17.3 Å². The number of pyridine rings is 1. The first-order valence-corrected chi connectivity index (χ1v) is 8.36. The van der Waals surface area contributed by atoms with Gasteiger partial charge in [0.25, 0.3) is 5.91 Å². The smallest absolute Gasteiger partial charge is 0.433 e. The Morgan fingerprint density at radius 1 is 1.00 bits per heavy atom. The molecular formula is C20H12F3N3O3. The van der Waals surface area contributed by atoms with E-state index in [4.69, 9.17) is 9.94 Å². The summed E-state index contributed by atoms with van der Waals surface area (Å²) in [7, 11) is 0. The molecule has 0 fully saturated rings. The molecule has 2 N–H and O–H groups in total. The van der Waals surface area contributed by atoms with Crippen molar-refractivity contribution in [2.75, 3.05) is 0 Å². The molecule has 1 aromatic heterocycles. The average Bonchev–Trinajstić information content (AvgIpc) is 2.88. The van der Waals surface area contributed by atoms with Gasteiger partial charge in [-0.1, -0.05) is 24.3 Å². The van der Waals surface area contributed by atoms with Crippen LogP contribution in [0.1, 0.15) is 27.2 Å². The number of hydrogen-bond donors (Lipinski definition) is 2. The average molecular weight is 399 g/mol. The van der Waals surface area contributed by atoms with Gasteiger partial charge in [0, 0.05) is 16.7 Å². The van der Waals surface area contributed by atoms with Crippen molar-refractivity contribution in [2.45, 2.75) is 6.18 Å². The molecule has 4 rings (SSSR count). The van der Waals surface area contributed by atoms with Crippen molar-refractivity contribution in [3.8, 4) is 11.6 Å². The van der Waals surface area contributed by atoms with Crippen molar-refractivity contribution in [1.82, 2.24) is 10.5 Å². The molecule has 0 saturated carbocycles. The normalized spacial score (nSPS) is 12.8. The Kier molecular flexibility index (Phi) is 4.51. The first-order chi connectivity index (χ1) is 13.9. The summed E-state index contributed by atoms with van der Waals surface area (Å²) in [4.78, 5) is 19.6. The quantitative estimate of drug-likeness (QED) is 0.384. The molecule has 0 spiro atoms. The zero-order valence-electron chi connectivity index (χ0n) is 14.6. The van der Waals surface area contributed by atoms with Crippen LogP contribution >= 0.6 is 0 Å². The molecule has 2 heterocycles. The van der Waals surface area contributed by atoms with Gasteiger partial charge in [-0.2, -0.15) is 13.2 Å². The topological polar surface area (TPSA) is 83.8 Å². The van der Waals surface area contributed by atoms with Gasteiger partial charge in [-0.25, -0.2) is 15.5 Å². The first-order valence-electron chi connectivity index (χ1n) is 8.36. The van der Waals surface area contributed by atoms with Crippen LogP contribution in [0.15, 0.2) is 65.7 Å². The number of benzene rings is 2. The molecule has 9 heteroatoms. The van der Waals surface area contributed by atoms with E-state index in [1.807, 2.05) is 0 Å². The summed E-state index contributed by atoms with van der Waals surface area (Å²) in [5, 5.41) is 8.74. The largest absolute Gasteiger partial charge is 0.436 e. The van der Waals surface area contributed by atoms with Crippen LogP contribution in [-0.4, -0.2) is 21.8 Å². The molecule has 0 aliphatic carbocycles. The minimum atomic E-state index is -4.61. The molecular weight excluding hydrogens is 387 g/mol. The molecule has 1 amide bonds. The highest BCUT2D eigenvalue weighted by atomic mass is 19.4. The third-order valence-electron chi connectivity index (χ3n) is 4.23. The van der Waals surface area contributed by atoms with Crippen molar-refractivity contribution in [3.63, 3.8) is 0 Å². The highest BCUT2D eigenvalue weighted by molar-refractivity contribution is 6.16. The summed E-state index contributed by atoms with van der Waals surface area (Å²) in [6.07, 6.45) is -4.61. The van der Waals surface area contributed by atoms with Gasteiger partial charge in [0.15, 0.2) is 0 Å². The number of ether oxygens (including phenoxy) is 1. The lowest BCUT2D eigenvalue weighted by atomic mass is 10.00. The highest BCUT2D eigenvalue weighted by Gasteiger charge is 2.34. The lowest BCUT2D eigenvalue weighted by Crippen LogP contribution is -2.18. The number of carbonyl (C=O) groups is 1. The number of aromatic nitrogens is 1. The zero-order chi connectivity index (χ0) is 20.6. The van der Waals surface area contributed by atoms with E-state index < -0.39 is 17.8 Å². The van der Waals surface area contributed by atoms with Gasteiger partial charge < -0.3 is 4.74 Å². The lowest BCUT2D eigenvalue weighted by molar-refractivity contribution is -0.141. The maximum absolute atomic E-state index is 13.0. The van der Waals surface area contributed by atoms with Crippen molar-refractivity contribution in [2.24, 2.45) is 4.99 Å². The second-order valence-electron chi connectivity index (χ2n) is 6.10. The number of aliphatic imine (C=N–C) groups is 1. The molecule has 6 nitrogen and oxygen atoms in total. The Labute approximate surface area is 162 Å². The van der Waals surface area contributed by atoms with E-state index in [0.717, 1.165) is 6.07 Å². The number of amides is 1. The fourth-order valence-electron chi connectivity index (χ4n) is 2.85. The Balaban J connectivity index is 1.86. The Morgan fingerprint density at radius 3 is 2.41 bits per heavy atom. The second-order valence-corrected chi connectivity index (χ2v) is 6.10. The van der Waals surface area contributed by atoms with Crippen molar-refractivity contribution < 1.29 is 27.9 Å². The van der Waals surface area contributed by atoms with Crippen LogP contribution in [0, 0.1) is 0 Å². The first kappa shape index (κ1) is 18.6. The molecule has 146 valence electrons. The van der Waals surface area contributed by atoms with Crippen molar-refractivity contribution in [3.05, 3.63) is 83.0 Å². The van der Waals surface area contributed by atoms with E-state index >= 15 is 0 Å². The number of hydrogen-bond acceptors (Lipinski definition) is 5. The zero-order valence-corrected chi connectivity index (χ0v) is 14.6. The van der Waals surface area contributed by atoms with Gasteiger partial charge in [0.2, 0.25) is 5.88 Å². The molecule has 0 saturated heterocycles. The van der Waals surface area contributed by atoms with E-state index in [9.17, 15) is 18.0 Å². The van der Waals surface area contributed by atoms with E-state index in [1.54, 1.807) is 41.9 Å². The van der Waals surface area contributed by atoms with Crippen LogP contribution in [0.25, 0.3) is 0 Å². The van der Waals surface area contributed by atoms with E-state index in [1.165, 1.54) is 18.2 Å². The van der Waals surface area contributed by atoms with Gasteiger partial charge in [0.05, 0.1) is 5.71 Å². The fourth-order valence-corrected chi connectivity index (χ4v) is 2.85. The summed E-state index contributed by atoms with van der Waals surface area (Å²) >= 11 is 0. The minimum absolute atomic E-state index is 0.140. The number of nitrogens with one attached hydrogen (secondary N) is 1. The molecule has 1 aliphatic heterocycles. The molecule has 3 aromatic rings. The van der Waals surface area contributed by atoms with Crippen LogP contribution in [-0.2, 0) is 6.18 Å². The van der Waals surface area contributed by atoms with Crippen LogP contribution in [0.2, 0.25) is 0 Å². The fraction of sp³-hybridized carbons (Fsp3) is 0.0500. The third kappa shape index (κ3) is 3.55. The predicted octanol–water partition coefficient (Wildman–Crippen LogP) is 4.49. The molecule has 0 radical (unpaired) electrons. The van der Waals surface area contributed by atoms with E-state index in [0.29, 0.717) is 22.6 Å². The predicted molar refractivity (Wildman–Crippen MR) is 96.7 cm³/mol. The second kappa shape index (κ2) is 7.02. The Bertz CT molecular complexity index is 1130. The summed E-state index contributed by atoms with van der Waals surface area (Å²) in [5.41, 5.74) is 2.43. The SMILES string of the molecule is O=C(NO)c1ccc(C2=Nc3ccc(C(F)(F)F)nc3Oc3ccccc32)cc1. The molecule has 2 aromatic carbocycles. The van der Waals surface area contributed by atoms with Gasteiger partial charge in [-0.15, -0.1) is 0 Å². The van der Waals surface area contributed by atoms with E-state index in [2.05, 4.69) is 9.98 Å². The van der Waals surface area contributed by atoms with Crippen LogP contribution in [0.5, 0.6) is 11.6 Å². The Hall–Kier alpha value is -3.72. The number of fused-ring (bicyclic) bond motifs is 2. The van der Waals surface area contributed by atoms with Crippen LogP contribution in [0.3, 0.4) is 0 Å². The number of hydroxylamine groups is 1. The summed E-state index contributed by atoms with van der Waals surface area (Å²) < 4.78 is 44.7. The summed E-state index contributed by atoms with van der Waals surface area (Å²) in [6, 6.07) is 15.0. The molecule has 29 heavy (non-hydrogen) atoms. The Morgan fingerprint density at radius 2 is 1.72 bits per heavy atom. The maximum Gasteiger partial charge on any atom is 0.433 e. The number of nitrogens with zero attached hydrogens (tertiary/aromatic N) is 2. The summed E-state index contributed by atoms with van der Waals surface area (Å²) in [5.74, 6) is -0.620. The lowest BCUT2D eigenvalue weighted by Gasteiger charge is -2.10.